The molecule has 0 fully saturated rings. The second-order valence-corrected chi connectivity index (χ2v) is 5.53. The highest BCUT2D eigenvalue weighted by atomic mass is 28.1. The average Bonchev–Trinajstić information content (AvgIpc) is 2.24. The Morgan fingerprint density at radius 3 is 2.12 bits per heavy atom. The Morgan fingerprint density at radius 1 is 1.00 bits per heavy atom. The molecule has 0 aromatic carbocycles. The molecule has 0 aromatic rings. The summed E-state index contributed by atoms with van der Waals surface area (Å²) in [6, 6.07) is 0. The maximum absolute atomic E-state index is 5.65. The normalized spacial score (nSPS) is 12.7. The maximum Gasteiger partial charge on any atom is 0.159 e. The van der Waals surface area contributed by atoms with E-state index in [4.69, 9.17) is 9.47 Å². The van der Waals surface area contributed by atoms with E-state index >= 15 is 0 Å². The molecule has 0 amide bonds. The molecule has 0 radical (unpaired) electrons. The van der Waals surface area contributed by atoms with Gasteiger partial charge in [-0.1, -0.05) is 32.3 Å². The Kier molecular flexibility index (Phi) is 9.98. The molecule has 0 saturated carbocycles. The first-order valence-corrected chi connectivity index (χ1v) is 7.64. The highest BCUT2D eigenvalue weighted by molar-refractivity contribution is 6.14. The zero-order valence-electron chi connectivity index (χ0n) is 11.4. The van der Waals surface area contributed by atoms with Gasteiger partial charge >= 0.3 is 0 Å². The van der Waals surface area contributed by atoms with E-state index in [2.05, 4.69) is 19.1 Å². The van der Waals surface area contributed by atoms with Crippen molar-refractivity contribution in [3.63, 3.8) is 0 Å². The second-order valence-electron chi connectivity index (χ2n) is 4.13. The van der Waals surface area contributed by atoms with Crippen LogP contribution in [-0.4, -0.2) is 28.9 Å². The predicted octanol–water partition coefficient (Wildman–Crippen LogP) is 2.61. The summed E-state index contributed by atoms with van der Waals surface area (Å²) < 4.78 is 11.3. The van der Waals surface area contributed by atoms with Gasteiger partial charge in [0.25, 0.3) is 0 Å². The molecule has 0 saturated heterocycles. The fourth-order valence-corrected chi connectivity index (χ4v) is 2.51. The van der Waals surface area contributed by atoms with Crippen LogP contribution in [0.4, 0.5) is 0 Å². The molecule has 0 aliphatic rings. The van der Waals surface area contributed by atoms with Gasteiger partial charge in [0.2, 0.25) is 0 Å². The SMILES string of the molecule is CCCCCCC=CC([SiH3])(OCC)OCC. The van der Waals surface area contributed by atoms with Crippen LogP contribution in [0.25, 0.3) is 0 Å². The van der Waals surface area contributed by atoms with Crippen molar-refractivity contribution in [3.05, 3.63) is 12.2 Å². The van der Waals surface area contributed by atoms with Gasteiger partial charge in [-0.3, -0.25) is 0 Å². The lowest BCUT2D eigenvalue weighted by Gasteiger charge is -2.26. The molecule has 0 bridgehead atoms. The molecule has 0 aliphatic heterocycles. The predicted molar refractivity (Wildman–Crippen MR) is 73.8 cm³/mol. The van der Waals surface area contributed by atoms with Crippen LogP contribution in [0.5, 0.6) is 0 Å². The molecule has 0 unspecified atom stereocenters. The van der Waals surface area contributed by atoms with E-state index in [0.717, 1.165) is 16.7 Å². The number of unbranched alkanes of at least 4 members (excludes halogenated alkanes) is 4. The van der Waals surface area contributed by atoms with Crippen molar-refractivity contribution in [2.24, 2.45) is 0 Å². The third-order valence-corrected chi connectivity index (χ3v) is 3.42. The third kappa shape index (κ3) is 8.08. The lowest BCUT2D eigenvalue weighted by molar-refractivity contribution is -0.139. The van der Waals surface area contributed by atoms with Gasteiger partial charge in [0.15, 0.2) is 5.41 Å². The fourth-order valence-electron chi connectivity index (χ4n) is 1.70. The lowest BCUT2D eigenvalue weighted by Crippen LogP contribution is -2.34. The Bertz CT molecular complexity index is 175. The zero-order chi connectivity index (χ0) is 12.3. The molecule has 0 aromatic heterocycles. The van der Waals surface area contributed by atoms with Crippen LogP contribution in [0.3, 0.4) is 0 Å². The summed E-state index contributed by atoms with van der Waals surface area (Å²) in [6.45, 7) is 7.69. The largest absolute Gasteiger partial charge is 0.352 e. The van der Waals surface area contributed by atoms with Crippen molar-refractivity contribution >= 4 is 10.2 Å². The molecule has 0 spiro atoms. The minimum atomic E-state index is -0.395. The molecule has 96 valence electrons. The van der Waals surface area contributed by atoms with Crippen molar-refractivity contribution in [1.29, 1.82) is 0 Å². The van der Waals surface area contributed by atoms with E-state index < -0.39 is 5.41 Å². The van der Waals surface area contributed by atoms with E-state index in [-0.39, 0.29) is 0 Å². The molecule has 0 atom stereocenters. The number of rotatable bonds is 10. The minimum absolute atomic E-state index is 0.395. The first kappa shape index (κ1) is 15.9. The Balaban J connectivity index is 3.84. The standard InChI is InChI=1S/C13H28O2Si/c1-4-7-8-9-10-11-12-13(16,14-5-2)15-6-3/h11-12H,4-10H2,1-3,16H3. The summed E-state index contributed by atoms with van der Waals surface area (Å²) in [5.41, 5.74) is -0.395. The highest BCUT2D eigenvalue weighted by Crippen LogP contribution is 2.12. The number of hydrogen-bond donors (Lipinski definition) is 0. The van der Waals surface area contributed by atoms with Crippen molar-refractivity contribution in [2.75, 3.05) is 13.2 Å². The molecule has 0 heterocycles. The quantitative estimate of drug-likeness (QED) is 0.254. The van der Waals surface area contributed by atoms with Crippen LogP contribution in [0.1, 0.15) is 52.9 Å². The van der Waals surface area contributed by atoms with Crippen LogP contribution in [-0.2, 0) is 9.47 Å². The first-order chi connectivity index (χ1) is 7.68. The van der Waals surface area contributed by atoms with E-state index in [1.54, 1.807) is 0 Å². The summed E-state index contributed by atoms with van der Waals surface area (Å²) in [6.07, 6.45) is 10.7. The third-order valence-electron chi connectivity index (χ3n) is 2.51. The summed E-state index contributed by atoms with van der Waals surface area (Å²) in [5, 5.41) is 0. The van der Waals surface area contributed by atoms with Gasteiger partial charge < -0.3 is 9.47 Å². The van der Waals surface area contributed by atoms with Crippen LogP contribution >= 0.6 is 0 Å². The molecule has 3 heteroatoms. The van der Waals surface area contributed by atoms with Gasteiger partial charge in [-0.25, -0.2) is 0 Å². The van der Waals surface area contributed by atoms with Crippen molar-refractivity contribution < 1.29 is 9.47 Å². The summed E-state index contributed by atoms with van der Waals surface area (Å²) >= 11 is 0. The molecule has 0 aliphatic carbocycles. The summed E-state index contributed by atoms with van der Waals surface area (Å²) in [5.74, 6) is 0. The van der Waals surface area contributed by atoms with Crippen LogP contribution < -0.4 is 0 Å². The van der Waals surface area contributed by atoms with Gasteiger partial charge in [0, 0.05) is 13.2 Å². The van der Waals surface area contributed by atoms with Crippen LogP contribution in [0, 0.1) is 0 Å². The van der Waals surface area contributed by atoms with Crippen molar-refractivity contribution in [1.82, 2.24) is 0 Å². The van der Waals surface area contributed by atoms with E-state index in [1.165, 1.54) is 25.7 Å². The topological polar surface area (TPSA) is 18.5 Å². The van der Waals surface area contributed by atoms with Gasteiger partial charge in [0.05, 0.1) is 10.2 Å². The first-order valence-electron chi connectivity index (χ1n) is 6.64. The molecule has 2 nitrogen and oxygen atoms in total. The monoisotopic (exact) mass is 244 g/mol. The fraction of sp³-hybridized carbons (Fsp3) is 0.846. The second kappa shape index (κ2) is 10.1. The molecular weight excluding hydrogens is 216 g/mol. The lowest BCUT2D eigenvalue weighted by atomic mass is 10.1. The van der Waals surface area contributed by atoms with Crippen LogP contribution in [0.2, 0.25) is 0 Å². The van der Waals surface area contributed by atoms with E-state index in [1.807, 2.05) is 13.8 Å². The van der Waals surface area contributed by atoms with Gasteiger partial charge in [-0.15, -0.1) is 0 Å². The Hall–Kier alpha value is -0.123. The summed E-state index contributed by atoms with van der Waals surface area (Å²) in [4.78, 5) is 0. The van der Waals surface area contributed by atoms with Gasteiger partial charge in [-0.2, -0.15) is 0 Å². The molecule has 0 rings (SSSR count). The van der Waals surface area contributed by atoms with Crippen molar-refractivity contribution in [2.45, 2.75) is 58.3 Å². The summed E-state index contributed by atoms with van der Waals surface area (Å²) in [7, 11) is 0.876. The van der Waals surface area contributed by atoms with Crippen LogP contribution in [0.15, 0.2) is 12.2 Å². The zero-order valence-corrected chi connectivity index (χ0v) is 13.4. The van der Waals surface area contributed by atoms with Gasteiger partial charge in [0.1, 0.15) is 0 Å². The molecule has 0 N–H and O–H groups in total. The Morgan fingerprint density at radius 2 is 1.62 bits per heavy atom. The number of hydrogen-bond acceptors (Lipinski definition) is 2. The van der Waals surface area contributed by atoms with Gasteiger partial charge in [-0.05, 0) is 32.8 Å². The maximum atomic E-state index is 5.65. The molecule has 16 heavy (non-hydrogen) atoms. The number of ether oxygens (including phenoxy) is 2. The van der Waals surface area contributed by atoms with E-state index in [9.17, 15) is 0 Å². The number of allylic oxidation sites excluding steroid dienone is 1. The van der Waals surface area contributed by atoms with E-state index in [0.29, 0.717) is 13.2 Å². The molecular formula is C13H28O2Si. The minimum Gasteiger partial charge on any atom is -0.352 e. The smallest absolute Gasteiger partial charge is 0.159 e. The van der Waals surface area contributed by atoms with Crippen molar-refractivity contribution in [3.8, 4) is 0 Å². The highest BCUT2D eigenvalue weighted by Gasteiger charge is 2.19. The Labute approximate surface area is 104 Å². The average molecular weight is 244 g/mol.